The third-order valence-electron chi connectivity index (χ3n) is 1.56. The van der Waals surface area contributed by atoms with E-state index >= 15 is 0 Å². The summed E-state index contributed by atoms with van der Waals surface area (Å²) in [6.45, 7) is 0.678. The molecule has 5 nitrogen and oxygen atoms in total. The third kappa shape index (κ3) is 1.15. The molecule has 0 saturated carbocycles. The maximum Gasteiger partial charge on any atom is 0.151 e. The van der Waals surface area contributed by atoms with Crippen LogP contribution in [0.4, 0.5) is 5.82 Å². The zero-order valence-electron chi connectivity index (χ0n) is 5.91. The van der Waals surface area contributed by atoms with E-state index in [0.717, 1.165) is 11.5 Å². The van der Waals surface area contributed by atoms with Crippen molar-refractivity contribution in [3.05, 3.63) is 18.1 Å². The summed E-state index contributed by atoms with van der Waals surface area (Å²) < 4.78 is 0. The lowest BCUT2D eigenvalue weighted by Crippen LogP contribution is -2.47. The highest BCUT2D eigenvalue weighted by Gasteiger charge is 2.13. The number of hydrogen-bond donors (Lipinski definition) is 3. The molecule has 5 heteroatoms. The van der Waals surface area contributed by atoms with Gasteiger partial charge < -0.3 is 5.32 Å². The first kappa shape index (κ1) is 6.51. The second-order valence-corrected chi connectivity index (χ2v) is 2.35. The van der Waals surface area contributed by atoms with E-state index in [9.17, 15) is 0 Å². The summed E-state index contributed by atoms with van der Waals surface area (Å²) in [5.74, 6) is 0.777. The molecule has 1 atom stereocenters. The maximum absolute atomic E-state index is 5.56. The van der Waals surface area contributed by atoms with Gasteiger partial charge in [-0.25, -0.2) is 4.98 Å². The molecule has 0 fully saturated rings. The summed E-state index contributed by atoms with van der Waals surface area (Å²) in [4.78, 5) is 8.19. The van der Waals surface area contributed by atoms with Crippen molar-refractivity contribution in [2.75, 3.05) is 5.32 Å². The topological polar surface area (TPSA) is 75.9 Å². The van der Waals surface area contributed by atoms with Crippen molar-refractivity contribution in [1.29, 1.82) is 0 Å². The molecular weight excluding hydrogens is 142 g/mol. The van der Waals surface area contributed by atoms with Crippen LogP contribution in [0.2, 0.25) is 0 Å². The van der Waals surface area contributed by atoms with Crippen molar-refractivity contribution in [3.8, 4) is 0 Å². The summed E-state index contributed by atoms with van der Waals surface area (Å²) >= 11 is 0. The Bertz CT molecular complexity index is 261. The van der Waals surface area contributed by atoms with E-state index in [-0.39, 0.29) is 6.29 Å². The van der Waals surface area contributed by atoms with Gasteiger partial charge in [0, 0.05) is 18.9 Å². The van der Waals surface area contributed by atoms with Gasteiger partial charge in [0.1, 0.15) is 6.29 Å². The molecule has 1 aliphatic rings. The van der Waals surface area contributed by atoms with Crippen molar-refractivity contribution >= 4 is 5.82 Å². The van der Waals surface area contributed by atoms with Crippen LogP contribution in [-0.4, -0.2) is 16.3 Å². The smallest absolute Gasteiger partial charge is 0.151 e. The lowest BCUT2D eigenvalue weighted by Gasteiger charge is -2.22. The molecular formula is C6H9N5. The van der Waals surface area contributed by atoms with Crippen LogP contribution < -0.4 is 16.4 Å². The monoisotopic (exact) mass is 151 g/mol. The van der Waals surface area contributed by atoms with Gasteiger partial charge in [-0.05, 0) is 0 Å². The van der Waals surface area contributed by atoms with Crippen molar-refractivity contribution < 1.29 is 0 Å². The standard InChI is InChI=1S/C6H9N5/c7-6-10-3-4-5(11-6)9-2-1-8-4/h1-2,6,10H,3,7H2,(H,9,11). The Balaban J connectivity index is 2.34. The van der Waals surface area contributed by atoms with Gasteiger partial charge in [0.15, 0.2) is 5.82 Å². The Morgan fingerprint density at radius 3 is 3.18 bits per heavy atom. The number of nitrogens with one attached hydrogen (secondary N) is 2. The van der Waals surface area contributed by atoms with E-state index < -0.39 is 0 Å². The zero-order valence-corrected chi connectivity index (χ0v) is 5.91. The predicted octanol–water partition coefficient (Wildman–Crippen LogP) is -0.766. The van der Waals surface area contributed by atoms with E-state index in [4.69, 9.17) is 5.73 Å². The van der Waals surface area contributed by atoms with Crippen molar-refractivity contribution in [1.82, 2.24) is 15.3 Å². The van der Waals surface area contributed by atoms with Gasteiger partial charge in [0.25, 0.3) is 0 Å². The molecule has 1 aliphatic heterocycles. The summed E-state index contributed by atoms with van der Waals surface area (Å²) in [5.41, 5.74) is 6.47. The largest absolute Gasteiger partial charge is 0.341 e. The van der Waals surface area contributed by atoms with Gasteiger partial charge in [0.2, 0.25) is 0 Å². The van der Waals surface area contributed by atoms with Crippen LogP contribution in [0, 0.1) is 0 Å². The lowest BCUT2D eigenvalue weighted by atomic mass is 10.3. The first-order valence-corrected chi connectivity index (χ1v) is 3.41. The number of fused-ring (bicyclic) bond motifs is 1. The van der Waals surface area contributed by atoms with Gasteiger partial charge in [-0.2, -0.15) is 0 Å². The molecule has 2 heterocycles. The first-order chi connectivity index (χ1) is 5.36. The molecule has 0 spiro atoms. The molecule has 1 aromatic rings. The molecule has 0 saturated heterocycles. The van der Waals surface area contributed by atoms with Crippen LogP contribution in [0.5, 0.6) is 0 Å². The quantitative estimate of drug-likeness (QED) is 0.454. The van der Waals surface area contributed by atoms with Crippen LogP contribution in [0.25, 0.3) is 0 Å². The average Bonchev–Trinajstić information content (AvgIpc) is 2.04. The van der Waals surface area contributed by atoms with E-state index in [0.29, 0.717) is 6.54 Å². The highest BCUT2D eigenvalue weighted by atomic mass is 15.3. The number of anilines is 1. The van der Waals surface area contributed by atoms with Gasteiger partial charge >= 0.3 is 0 Å². The van der Waals surface area contributed by atoms with Crippen LogP contribution >= 0.6 is 0 Å². The van der Waals surface area contributed by atoms with Gasteiger partial charge in [0.05, 0.1) is 5.69 Å². The summed E-state index contributed by atoms with van der Waals surface area (Å²) in [7, 11) is 0. The Hall–Kier alpha value is -1.20. The SMILES string of the molecule is NC1NCc2nccnc2N1. The van der Waals surface area contributed by atoms with Crippen LogP contribution in [0.15, 0.2) is 12.4 Å². The Morgan fingerprint density at radius 1 is 1.45 bits per heavy atom. The van der Waals surface area contributed by atoms with E-state index in [1.165, 1.54) is 0 Å². The Labute approximate surface area is 64.0 Å². The molecule has 0 amide bonds. The molecule has 4 N–H and O–H groups in total. The average molecular weight is 151 g/mol. The molecule has 1 unspecified atom stereocenters. The maximum atomic E-state index is 5.56. The minimum absolute atomic E-state index is 0.209. The summed E-state index contributed by atoms with van der Waals surface area (Å²) in [5, 5.41) is 5.96. The zero-order chi connectivity index (χ0) is 7.68. The second-order valence-electron chi connectivity index (χ2n) is 2.35. The van der Waals surface area contributed by atoms with Crippen molar-refractivity contribution in [2.24, 2.45) is 5.73 Å². The molecule has 11 heavy (non-hydrogen) atoms. The molecule has 0 radical (unpaired) electrons. The van der Waals surface area contributed by atoms with Gasteiger partial charge in [-0.3, -0.25) is 16.0 Å². The Morgan fingerprint density at radius 2 is 2.27 bits per heavy atom. The molecule has 2 rings (SSSR count). The van der Waals surface area contributed by atoms with Crippen LogP contribution in [0.3, 0.4) is 0 Å². The van der Waals surface area contributed by atoms with Gasteiger partial charge in [-0.15, -0.1) is 0 Å². The van der Waals surface area contributed by atoms with E-state index in [1.807, 2.05) is 0 Å². The molecule has 0 bridgehead atoms. The first-order valence-electron chi connectivity index (χ1n) is 3.41. The third-order valence-corrected chi connectivity index (χ3v) is 1.56. The fourth-order valence-electron chi connectivity index (χ4n) is 1.02. The van der Waals surface area contributed by atoms with Crippen LogP contribution in [-0.2, 0) is 6.54 Å². The molecule has 0 aromatic carbocycles. The number of aromatic nitrogens is 2. The molecule has 0 aliphatic carbocycles. The number of hydrogen-bond acceptors (Lipinski definition) is 5. The molecule has 1 aromatic heterocycles. The van der Waals surface area contributed by atoms with Crippen molar-refractivity contribution in [3.63, 3.8) is 0 Å². The van der Waals surface area contributed by atoms with Gasteiger partial charge in [-0.1, -0.05) is 0 Å². The lowest BCUT2D eigenvalue weighted by molar-refractivity contribution is 0.545. The highest BCUT2D eigenvalue weighted by Crippen LogP contribution is 2.11. The predicted molar refractivity (Wildman–Crippen MR) is 40.5 cm³/mol. The van der Waals surface area contributed by atoms with E-state index in [2.05, 4.69) is 20.6 Å². The fraction of sp³-hybridized carbons (Fsp3) is 0.333. The normalized spacial score (nSPS) is 22.1. The second kappa shape index (κ2) is 2.44. The van der Waals surface area contributed by atoms with Crippen molar-refractivity contribution in [2.45, 2.75) is 12.8 Å². The van der Waals surface area contributed by atoms with Crippen LogP contribution in [0.1, 0.15) is 5.69 Å². The highest BCUT2D eigenvalue weighted by molar-refractivity contribution is 5.41. The summed E-state index contributed by atoms with van der Waals surface area (Å²) in [6.07, 6.45) is 3.10. The van der Waals surface area contributed by atoms with E-state index in [1.54, 1.807) is 12.4 Å². The number of nitrogens with two attached hydrogens (primary N) is 1. The number of nitrogens with zero attached hydrogens (tertiary/aromatic N) is 2. The molecule has 58 valence electrons. The minimum atomic E-state index is -0.209. The minimum Gasteiger partial charge on any atom is -0.341 e. The summed E-state index contributed by atoms with van der Waals surface area (Å²) in [6, 6.07) is 0. The Kier molecular flexibility index (Phi) is 1.45. The fourth-order valence-corrected chi connectivity index (χ4v) is 1.02. The number of rotatable bonds is 0.